The minimum absolute atomic E-state index is 0.535. The predicted molar refractivity (Wildman–Crippen MR) is 110 cm³/mol. The molecule has 0 spiro atoms. The third-order valence-corrected chi connectivity index (χ3v) is 6.22. The molecule has 0 amide bonds. The Labute approximate surface area is 158 Å². The van der Waals surface area contributed by atoms with Gasteiger partial charge in [-0.25, -0.2) is 0 Å². The summed E-state index contributed by atoms with van der Waals surface area (Å²) in [5.74, 6) is 3.84. The van der Waals surface area contributed by atoms with Gasteiger partial charge in [0.05, 0.1) is 0 Å². The third-order valence-electron chi connectivity index (χ3n) is 6.22. The highest BCUT2D eigenvalue weighted by atomic mass is 15.2. The van der Waals surface area contributed by atoms with Crippen LogP contribution in [0.3, 0.4) is 0 Å². The van der Waals surface area contributed by atoms with Crippen LogP contribution >= 0.6 is 0 Å². The normalized spacial score (nSPS) is 21.9. The summed E-state index contributed by atoms with van der Waals surface area (Å²) in [5, 5.41) is 7.19. The van der Waals surface area contributed by atoms with Crippen molar-refractivity contribution in [2.45, 2.75) is 51.5 Å². The molecule has 2 N–H and O–H groups in total. The molecule has 2 saturated carbocycles. The summed E-state index contributed by atoms with van der Waals surface area (Å²) in [6.07, 6.45) is 8.12. The van der Waals surface area contributed by atoms with Gasteiger partial charge in [0.25, 0.3) is 0 Å². The largest absolute Gasteiger partial charge is 0.371 e. The maximum Gasteiger partial charge on any atom is 0.191 e. The lowest BCUT2D eigenvalue weighted by Crippen LogP contribution is -2.49. The van der Waals surface area contributed by atoms with Crippen LogP contribution in [0.2, 0.25) is 0 Å². The fraction of sp³-hybridized carbons (Fsp3) is 0.682. The minimum Gasteiger partial charge on any atom is -0.371 e. The molecule has 4 heteroatoms. The molecule has 1 aromatic carbocycles. The number of anilines is 1. The second-order valence-electron chi connectivity index (χ2n) is 8.30. The topological polar surface area (TPSA) is 39.7 Å². The molecule has 0 atom stereocenters. The van der Waals surface area contributed by atoms with Gasteiger partial charge < -0.3 is 15.5 Å². The van der Waals surface area contributed by atoms with Crippen LogP contribution in [0.4, 0.5) is 5.69 Å². The first kappa shape index (κ1) is 17.7. The maximum absolute atomic E-state index is 4.99. The highest BCUT2D eigenvalue weighted by Crippen LogP contribution is 2.49. The number of rotatable bonds is 7. The molecule has 0 unspecified atom stereocenters. The van der Waals surface area contributed by atoms with Gasteiger partial charge in [-0.1, -0.05) is 18.2 Å². The number of guanidine groups is 1. The lowest BCUT2D eigenvalue weighted by Gasteiger charge is -2.34. The molecule has 3 aliphatic rings. The summed E-state index contributed by atoms with van der Waals surface area (Å²) < 4.78 is 0. The quantitative estimate of drug-likeness (QED) is 0.580. The van der Waals surface area contributed by atoms with E-state index in [-0.39, 0.29) is 0 Å². The molecule has 1 aromatic rings. The van der Waals surface area contributed by atoms with Crippen molar-refractivity contribution < 1.29 is 0 Å². The van der Waals surface area contributed by atoms with E-state index in [0.29, 0.717) is 6.04 Å². The zero-order chi connectivity index (χ0) is 17.8. The van der Waals surface area contributed by atoms with Gasteiger partial charge in [0.2, 0.25) is 0 Å². The Balaban J connectivity index is 1.28. The van der Waals surface area contributed by atoms with E-state index in [0.717, 1.165) is 49.9 Å². The molecule has 4 nitrogen and oxygen atoms in total. The molecule has 2 aliphatic carbocycles. The zero-order valence-electron chi connectivity index (χ0n) is 16.2. The highest BCUT2D eigenvalue weighted by molar-refractivity contribution is 5.80. The van der Waals surface area contributed by atoms with Crippen LogP contribution in [-0.2, 0) is 0 Å². The van der Waals surface area contributed by atoms with Gasteiger partial charge in [-0.3, -0.25) is 4.99 Å². The van der Waals surface area contributed by atoms with Crippen molar-refractivity contribution in [1.29, 1.82) is 0 Å². The number of para-hydroxylation sites is 1. The highest BCUT2D eigenvalue weighted by Gasteiger charge is 2.41. The Morgan fingerprint density at radius 2 is 1.69 bits per heavy atom. The number of benzene rings is 1. The maximum atomic E-state index is 4.99. The standard InChI is InChI=1S/C22H34N4/c1-2-23-22(24-16-21(17-8-9-17)18-10-11-18)25-19-12-14-26(15-13-19)20-6-4-3-5-7-20/h3-7,17-19,21H,2,8-16H2,1H3,(H2,23,24,25). The molecule has 1 heterocycles. The minimum atomic E-state index is 0.535. The molecular formula is C22H34N4. The lowest BCUT2D eigenvalue weighted by molar-refractivity contribution is 0.414. The molecule has 142 valence electrons. The molecule has 0 aromatic heterocycles. The lowest BCUT2D eigenvalue weighted by atomic mass is 9.98. The Kier molecular flexibility index (Phi) is 5.66. The van der Waals surface area contributed by atoms with Crippen molar-refractivity contribution in [2.24, 2.45) is 22.7 Å². The average Bonchev–Trinajstić information content (AvgIpc) is 3.57. The van der Waals surface area contributed by atoms with Gasteiger partial charge in [-0.05, 0) is 75.3 Å². The van der Waals surface area contributed by atoms with Crippen LogP contribution < -0.4 is 15.5 Å². The monoisotopic (exact) mass is 354 g/mol. The van der Waals surface area contributed by atoms with Gasteiger partial charge in [0.1, 0.15) is 0 Å². The first-order valence-electron chi connectivity index (χ1n) is 10.7. The molecule has 0 bridgehead atoms. The number of piperidine rings is 1. The van der Waals surface area contributed by atoms with Crippen molar-refractivity contribution in [2.75, 3.05) is 31.1 Å². The predicted octanol–water partition coefficient (Wildman–Crippen LogP) is 3.65. The summed E-state index contributed by atoms with van der Waals surface area (Å²) in [6.45, 7) is 6.36. The number of nitrogens with one attached hydrogen (secondary N) is 2. The van der Waals surface area contributed by atoms with E-state index >= 15 is 0 Å². The smallest absolute Gasteiger partial charge is 0.191 e. The number of nitrogens with zero attached hydrogens (tertiary/aromatic N) is 2. The van der Waals surface area contributed by atoms with Crippen molar-refractivity contribution in [3.8, 4) is 0 Å². The van der Waals surface area contributed by atoms with Gasteiger partial charge in [-0.15, -0.1) is 0 Å². The van der Waals surface area contributed by atoms with Crippen LogP contribution in [0, 0.1) is 17.8 Å². The van der Waals surface area contributed by atoms with E-state index in [1.807, 2.05) is 0 Å². The van der Waals surface area contributed by atoms with Crippen molar-refractivity contribution >= 4 is 11.6 Å². The molecule has 1 aliphatic heterocycles. The van der Waals surface area contributed by atoms with E-state index in [4.69, 9.17) is 4.99 Å². The molecule has 0 radical (unpaired) electrons. The molecule has 1 saturated heterocycles. The Morgan fingerprint density at radius 1 is 1.04 bits per heavy atom. The summed E-state index contributed by atoms with van der Waals surface area (Å²) in [6, 6.07) is 11.3. The fourth-order valence-electron chi connectivity index (χ4n) is 4.36. The second kappa shape index (κ2) is 8.32. The molecular weight excluding hydrogens is 320 g/mol. The fourth-order valence-corrected chi connectivity index (χ4v) is 4.36. The number of hydrogen-bond acceptors (Lipinski definition) is 2. The summed E-state index contributed by atoms with van der Waals surface area (Å²) in [4.78, 5) is 7.49. The van der Waals surface area contributed by atoms with E-state index in [9.17, 15) is 0 Å². The van der Waals surface area contributed by atoms with Gasteiger partial charge in [-0.2, -0.15) is 0 Å². The third kappa shape index (κ3) is 4.72. The van der Waals surface area contributed by atoms with E-state index in [1.54, 1.807) is 0 Å². The van der Waals surface area contributed by atoms with Crippen molar-refractivity contribution in [1.82, 2.24) is 10.6 Å². The van der Waals surface area contributed by atoms with Gasteiger partial charge in [0.15, 0.2) is 5.96 Å². The van der Waals surface area contributed by atoms with E-state index < -0.39 is 0 Å². The Morgan fingerprint density at radius 3 is 2.27 bits per heavy atom. The first-order valence-corrected chi connectivity index (χ1v) is 10.7. The molecule has 26 heavy (non-hydrogen) atoms. The summed E-state index contributed by atoms with van der Waals surface area (Å²) >= 11 is 0. The van der Waals surface area contributed by atoms with Crippen molar-refractivity contribution in [3.05, 3.63) is 30.3 Å². The summed E-state index contributed by atoms with van der Waals surface area (Å²) in [7, 11) is 0. The van der Waals surface area contributed by atoms with Crippen molar-refractivity contribution in [3.63, 3.8) is 0 Å². The zero-order valence-corrected chi connectivity index (χ0v) is 16.2. The van der Waals surface area contributed by atoms with Gasteiger partial charge >= 0.3 is 0 Å². The van der Waals surface area contributed by atoms with Gasteiger partial charge in [0, 0.05) is 37.9 Å². The van der Waals surface area contributed by atoms with Crippen LogP contribution in [-0.4, -0.2) is 38.2 Å². The average molecular weight is 355 g/mol. The second-order valence-corrected chi connectivity index (χ2v) is 8.30. The Bertz CT molecular complexity index is 571. The van der Waals surface area contributed by atoms with E-state index in [2.05, 4.69) is 52.8 Å². The van der Waals surface area contributed by atoms with Crippen LogP contribution in [0.15, 0.2) is 35.3 Å². The van der Waals surface area contributed by atoms with Crippen LogP contribution in [0.25, 0.3) is 0 Å². The first-order chi connectivity index (χ1) is 12.8. The Hall–Kier alpha value is -1.71. The molecule has 3 fully saturated rings. The van der Waals surface area contributed by atoms with Crippen LogP contribution in [0.5, 0.6) is 0 Å². The number of hydrogen-bond donors (Lipinski definition) is 2. The van der Waals surface area contributed by atoms with Crippen LogP contribution in [0.1, 0.15) is 45.4 Å². The van der Waals surface area contributed by atoms with E-state index in [1.165, 1.54) is 44.2 Å². The molecule has 4 rings (SSSR count). The number of aliphatic imine (C=N–C) groups is 1. The SMILES string of the molecule is CCNC(=NCC(C1CC1)C1CC1)NC1CCN(c2ccccc2)CC1. The summed E-state index contributed by atoms with van der Waals surface area (Å²) in [5.41, 5.74) is 1.35.